The number of anilines is 2. The number of fused-ring (bicyclic) bond motifs is 4. The molecule has 0 heterocycles. The molecular weight excluding hydrogens is 374 g/mol. The van der Waals surface area contributed by atoms with E-state index in [1.54, 1.807) is 0 Å². The van der Waals surface area contributed by atoms with E-state index in [0.717, 1.165) is 11.4 Å². The van der Waals surface area contributed by atoms with E-state index in [0.29, 0.717) is 0 Å². The highest BCUT2D eigenvalue weighted by molar-refractivity contribution is 6.13. The van der Waals surface area contributed by atoms with Gasteiger partial charge in [-0.1, -0.05) is 91.0 Å². The summed E-state index contributed by atoms with van der Waals surface area (Å²) in [4.78, 5) is 0. The van der Waals surface area contributed by atoms with E-state index in [-0.39, 0.29) is 0 Å². The lowest BCUT2D eigenvalue weighted by molar-refractivity contribution is 1.56. The molecule has 0 unspecified atom stereocenters. The normalized spacial score (nSPS) is 11.2. The number of hydrogen-bond donors (Lipinski definition) is 1. The standard InChI is InChI=1S/C30H21N/c1-2-9-22-18-26(17-16-21(22)8-1)31-25-12-7-11-23(19-25)30-20-24-10-3-4-13-27(24)28-14-5-6-15-29(28)30/h1-20,31H. The summed E-state index contributed by atoms with van der Waals surface area (Å²) in [6.07, 6.45) is 0. The first-order valence-electron chi connectivity index (χ1n) is 10.6. The van der Waals surface area contributed by atoms with Gasteiger partial charge in [0.1, 0.15) is 0 Å². The Balaban J connectivity index is 1.45. The molecule has 0 saturated carbocycles. The quantitative estimate of drug-likeness (QED) is 0.296. The van der Waals surface area contributed by atoms with Crippen LogP contribution in [0.5, 0.6) is 0 Å². The molecule has 1 nitrogen and oxygen atoms in total. The fourth-order valence-electron chi connectivity index (χ4n) is 4.49. The summed E-state index contributed by atoms with van der Waals surface area (Å²) in [6, 6.07) is 43.3. The molecule has 0 aliphatic rings. The molecule has 0 aliphatic heterocycles. The van der Waals surface area contributed by atoms with Gasteiger partial charge in [-0.05, 0) is 73.8 Å². The van der Waals surface area contributed by atoms with Crippen LogP contribution in [0.2, 0.25) is 0 Å². The van der Waals surface area contributed by atoms with Gasteiger partial charge in [0.25, 0.3) is 0 Å². The highest BCUT2D eigenvalue weighted by Crippen LogP contribution is 2.36. The summed E-state index contributed by atoms with van der Waals surface area (Å²) in [5.41, 5.74) is 4.66. The van der Waals surface area contributed by atoms with Crippen molar-refractivity contribution in [3.05, 3.63) is 121 Å². The Morgan fingerprint density at radius 1 is 0.387 bits per heavy atom. The van der Waals surface area contributed by atoms with Crippen LogP contribution in [0.15, 0.2) is 121 Å². The lowest BCUT2D eigenvalue weighted by Crippen LogP contribution is -1.91. The van der Waals surface area contributed by atoms with Crippen LogP contribution >= 0.6 is 0 Å². The first-order chi connectivity index (χ1) is 15.3. The Bertz CT molecular complexity index is 1560. The molecule has 0 aliphatic carbocycles. The largest absolute Gasteiger partial charge is 0.355 e. The minimum absolute atomic E-state index is 1.09. The zero-order chi connectivity index (χ0) is 20.6. The predicted molar refractivity (Wildman–Crippen MR) is 134 cm³/mol. The lowest BCUT2D eigenvalue weighted by Gasteiger charge is -2.13. The van der Waals surface area contributed by atoms with Crippen LogP contribution in [0.1, 0.15) is 0 Å². The van der Waals surface area contributed by atoms with Crippen molar-refractivity contribution < 1.29 is 0 Å². The first-order valence-corrected chi connectivity index (χ1v) is 10.6. The molecule has 6 rings (SSSR count). The maximum Gasteiger partial charge on any atom is 0.0390 e. The summed E-state index contributed by atoms with van der Waals surface area (Å²) in [5, 5.41) is 11.2. The van der Waals surface area contributed by atoms with Crippen molar-refractivity contribution >= 4 is 43.7 Å². The van der Waals surface area contributed by atoms with Crippen LogP contribution < -0.4 is 5.32 Å². The minimum atomic E-state index is 1.09. The molecule has 0 aromatic heterocycles. The Morgan fingerprint density at radius 2 is 1.06 bits per heavy atom. The van der Waals surface area contributed by atoms with Gasteiger partial charge in [-0.3, -0.25) is 0 Å². The zero-order valence-electron chi connectivity index (χ0n) is 17.0. The SMILES string of the molecule is c1cc(Nc2ccc3ccccc3c2)cc(-c2cc3ccccc3c3ccccc23)c1. The third-order valence-electron chi connectivity index (χ3n) is 5.98. The third-order valence-corrected chi connectivity index (χ3v) is 5.98. The third kappa shape index (κ3) is 3.21. The summed E-state index contributed by atoms with van der Waals surface area (Å²) >= 11 is 0. The number of hydrogen-bond acceptors (Lipinski definition) is 1. The summed E-state index contributed by atoms with van der Waals surface area (Å²) in [5.74, 6) is 0. The monoisotopic (exact) mass is 395 g/mol. The second-order valence-corrected chi connectivity index (χ2v) is 7.96. The summed E-state index contributed by atoms with van der Waals surface area (Å²) in [7, 11) is 0. The van der Waals surface area contributed by atoms with Gasteiger partial charge in [-0.15, -0.1) is 0 Å². The Hall–Kier alpha value is -4.10. The molecule has 0 fully saturated rings. The highest BCUT2D eigenvalue weighted by atomic mass is 14.9. The van der Waals surface area contributed by atoms with Crippen LogP contribution in [0.3, 0.4) is 0 Å². The zero-order valence-corrected chi connectivity index (χ0v) is 17.0. The molecule has 146 valence electrons. The van der Waals surface area contributed by atoms with Crippen molar-refractivity contribution in [2.75, 3.05) is 5.32 Å². The molecule has 0 saturated heterocycles. The molecule has 31 heavy (non-hydrogen) atoms. The first kappa shape index (κ1) is 17.7. The fraction of sp³-hybridized carbons (Fsp3) is 0. The molecular formula is C30H21N. The fourth-order valence-corrected chi connectivity index (χ4v) is 4.49. The highest BCUT2D eigenvalue weighted by Gasteiger charge is 2.09. The average Bonchev–Trinajstić information content (AvgIpc) is 2.84. The predicted octanol–water partition coefficient (Wildman–Crippen LogP) is 8.56. The van der Waals surface area contributed by atoms with E-state index in [2.05, 4.69) is 127 Å². The van der Waals surface area contributed by atoms with Crippen LogP contribution in [-0.4, -0.2) is 0 Å². The molecule has 0 amide bonds. The van der Waals surface area contributed by atoms with Crippen molar-refractivity contribution in [2.45, 2.75) is 0 Å². The van der Waals surface area contributed by atoms with E-state index >= 15 is 0 Å². The van der Waals surface area contributed by atoms with Crippen molar-refractivity contribution in [2.24, 2.45) is 0 Å². The van der Waals surface area contributed by atoms with E-state index in [9.17, 15) is 0 Å². The maximum absolute atomic E-state index is 3.59. The number of rotatable bonds is 3. The Labute approximate surface area is 181 Å². The van der Waals surface area contributed by atoms with E-state index in [1.165, 1.54) is 43.4 Å². The van der Waals surface area contributed by atoms with Gasteiger partial charge in [-0.25, -0.2) is 0 Å². The molecule has 1 heteroatoms. The Kier molecular flexibility index (Phi) is 4.18. The number of benzene rings is 6. The van der Waals surface area contributed by atoms with Gasteiger partial charge in [0.2, 0.25) is 0 Å². The Morgan fingerprint density at radius 3 is 1.94 bits per heavy atom. The van der Waals surface area contributed by atoms with Crippen LogP contribution in [-0.2, 0) is 0 Å². The molecule has 1 N–H and O–H groups in total. The van der Waals surface area contributed by atoms with E-state index in [1.807, 2.05) is 0 Å². The van der Waals surface area contributed by atoms with Gasteiger partial charge in [0.15, 0.2) is 0 Å². The van der Waals surface area contributed by atoms with Crippen molar-refractivity contribution in [3.63, 3.8) is 0 Å². The van der Waals surface area contributed by atoms with Crippen molar-refractivity contribution in [3.8, 4) is 11.1 Å². The minimum Gasteiger partial charge on any atom is -0.355 e. The van der Waals surface area contributed by atoms with Crippen LogP contribution in [0.25, 0.3) is 43.4 Å². The molecule has 0 bridgehead atoms. The van der Waals surface area contributed by atoms with Crippen molar-refractivity contribution in [1.82, 2.24) is 0 Å². The summed E-state index contributed by atoms with van der Waals surface area (Å²) < 4.78 is 0. The maximum atomic E-state index is 3.59. The van der Waals surface area contributed by atoms with E-state index in [4.69, 9.17) is 0 Å². The number of nitrogens with one attached hydrogen (secondary N) is 1. The molecule has 0 spiro atoms. The average molecular weight is 396 g/mol. The second kappa shape index (κ2) is 7.30. The molecule has 0 atom stereocenters. The van der Waals surface area contributed by atoms with Crippen LogP contribution in [0, 0.1) is 0 Å². The van der Waals surface area contributed by atoms with Gasteiger partial charge in [0, 0.05) is 11.4 Å². The topological polar surface area (TPSA) is 12.0 Å². The van der Waals surface area contributed by atoms with Gasteiger partial charge in [-0.2, -0.15) is 0 Å². The molecule has 0 radical (unpaired) electrons. The summed E-state index contributed by atoms with van der Waals surface area (Å²) in [6.45, 7) is 0. The van der Waals surface area contributed by atoms with E-state index < -0.39 is 0 Å². The molecule has 6 aromatic carbocycles. The second-order valence-electron chi connectivity index (χ2n) is 7.96. The van der Waals surface area contributed by atoms with Gasteiger partial charge >= 0.3 is 0 Å². The molecule has 6 aromatic rings. The van der Waals surface area contributed by atoms with Crippen LogP contribution in [0.4, 0.5) is 11.4 Å². The lowest BCUT2D eigenvalue weighted by atomic mass is 9.93. The smallest absolute Gasteiger partial charge is 0.0390 e. The van der Waals surface area contributed by atoms with Gasteiger partial charge < -0.3 is 5.32 Å². The van der Waals surface area contributed by atoms with Crippen molar-refractivity contribution in [1.29, 1.82) is 0 Å². The van der Waals surface area contributed by atoms with Gasteiger partial charge in [0.05, 0.1) is 0 Å².